The second-order valence-electron chi connectivity index (χ2n) is 7.63. The molecular formula is C22H31ClN4O3. The first-order chi connectivity index (χ1) is 14.5. The van der Waals surface area contributed by atoms with Crippen LogP contribution in [0.15, 0.2) is 24.4 Å². The highest BCUT2D eigenvalue weighted by atomic mass is 35.5. The third kappa shape index (κ3) is 6.12. The van der Waals surface area contributed by atoms with Crippen LogP contribution in [0.25, 0.3) is 0 Å². The van der Waals surface area contributed by atoms with Gasteiger partial charge in [0.15, 0.2) is 23.1 Å². The Labute approximate surface area is 183 Å². The molecule has 2 aromatic rings. The van der Waals surface area contributed by atoms with Crippen LogP contribution in [0.3, 0.4) is 0 Å². The highest BCUT2D eigenvalue weighted by Gasteiger charge is 2.21. The topological polar surface area (TPSA) is 68.7 Å². The first kappa shape index (κ1) is 22.4. The monoisotopic (exact) mass is 434 g/mol. The molecule has 1 saturated heterocycles. The van der Waals surface area contributed by atoms with E-state index in [1.54, 1.807) is 13.3 Å². The standard InChI is InChI=1S/C22H31ClN4O3/c1-5-29-19-12-16(6-7-18(19)30-15(2)3)14-27-10-8-17(9-11-27)25-21-20(28-4)13-24-22(23)26-21/h6-7,12-13,15,17H,5,8-11,14H2,1-4H3,(H,24,25,26). The van der Waals surface area contributed by atoms with E-state index in [1.807, 2.05) is 26.8 Å². The van der Waals surface area contributed by atoms with Gasteiger partial charge in [0.1, 0.15) is 0 Å². The zero-order valence-electron chi connectivity index (χ0n) is 18.2. The molecule has 8 heteroatoms. The lowest BCUT2D eigenvalue weighted by Crippen LogP contribution is -2.38. The van der Waals surface area contributed by atoms with Crippen LogP contribution in [0.5, 0.6) is 17.2 Å². The van der Waals surface area contributed by atoms with Crippen molar-refractivity contribution in [3.8, 4) is 17.2 Å². The van der Waals surface area contributed by atoms with Crippen LogP contribution in [0.1, 0.15) is 39.2 Å². The fourth-order valence-corrected chi connectivity index (χ4v) is 3.69. The fraction of sp³-hybridized carbons (Fsp3) is 0.545. The van der Waals surface area contributed by atoms with E-state index < -0.39 is 0 Å². The van der Waals surface area contributed by atoms with E-state index in [-0.39, 0.29) is 11.4 Å². The molecule has 30 heavy (non-hydrogen) atoms. The quantitative estimate of drug-likeness (QED) is 0.586. The minimum atomic E-state index is 0.116. The number of likely N-dealkylation sites (tertiary alicyclic amines) is 1. The molecule has 164 valence electrons. The van der Waals surface area contributed by atoms with Crippen LogP contribution >= 0.6 is 11.6 Å². The number of benzene rings is 1. The molecule has 1 fully saturated rings. The number of hydrogen-bond acceptors (Lipinski definition) is 7. The highest BCUT2D eigenvalue weighted by molar-refractivity contribution is 6.28. The average Bonchev–Trinajstić information content (AvgIpc) is 2.71. The zero-order valence-corrected chi connectivity index (χ0v) is 18.9. The van der Waals surface area contributed by atoms with Crippen LogP contribution in [0, 0.1) is 0 Å². The minimum Gasteiger partial charge on any atom is -0.491 e. The van der Waals surface area contributed by atoms with Gasteiger partial charge < -0.3 is 19.5 Å². The molecular weight excluding hydrogens is 404 g/mol. The predicted octanol–water partition coefficient (Wildman–Crippen LogP) is 4.40. The molecule has 2 heterocycles. The Hall–Kier alpha value is -2.25. The van der Waals surface area contributed by atoms with E-state index in [1.165, 1.54) is 5.56 Å². The van der Waals surface area contributed by atoms with Gasteiger partial charge in [0.05, 0.1) is 26.0 Å². The van der Waals surface area contributed by atoms with Gasteiger partial charge in [-0.3, -0.25) is 4.90 Å². The molecule has 0 radical (unpaired) electrons. The summed E-state index contributed by atoms with van der Waals surface area (Å²) in [4.78, 5) is 10.7. The van der Waals surface area contributed by atoms with E-state index >= 15 is 0 Å². The molecule has 0 unspecified atom stereocenters. The summed E-state index contributed by atoms with van der Waals surface area (Å²) in [5.74, 6) is 2.87. The fourth-order valence-electron chi connectivity index (χ4n) is 3.56. The van der Waals surface area contributed by atoms with Crippen molar-refractivity contribution in [3.63, 3.8) is 0 Å². The molecule has 0 spiro atoms. The number of rotatable bonds is 9. The molecule has 1 aromatic heterocycles. The molecule has 1 aliphatic rings. The van der Waals surface area contributed by atoms with Crippen molar-refractivity contribution in [2.45, 2.75) is 52.3 Å². The van der Waals surface area contributed by atoms with Gasteiger partial charge in [-0.05, 0) is 62.9 Å². The van der Waals surface area contributed by atoms with Crippen LogP contribution in [-0.4, -0.2) is 53.8 Å². The van der Waals surface area contributed by atoms with Crippen molar-refractivity contribution in [2.75, 3.05) is 32.1 Å². The number of piperidine rings is 1. The third-order valence-corrected chi connectivity index (χ3v) is 5.13. The second kappa shape index (κ2) is 10.7. The average molecular weight is 435 g/mol. The number of ether oxygens (including phenoxy) is 3. The Balaban J connectivity index is 1.57. The Morgan fingerprint density at radius 2 is 1.97 bits per heavy atom. The molecule has 0 amide bonds. The molecule has 0 bridgehead atoms. The molecule has 1 N–H and O–H groups in total. The third-order valence-electron chi connectivity index (χ3n) is 4.95. The molecule has 3 rings (SSSR count). The van der Waals surface area contributed by atoms with Crippen LogP contribution in [-0.2, 0) is 6.54 Å². The van der Waals surface area contributed by atoms with Gasteiger partial charge in [-0.15, -0.1) is 0 Å². The van der Waals surface area contributed by atoms with Crippen LogP contribution < -0.4 is 19.5 Å². The SMILES string of the molecule is CCOc1cc(CN2CCC(Nc3nc(Cl)ncc3OC)CC2)ccc1OC(C)C. The largest absolute Gasteiger partial charge is 0.491 e. The lowest BCUT2D eigenvalue weighted by atomic mass is 10.0. The Morgan fingerprint density at radius 3 is 2.63 bits per heavy atom. The summed E-state index contributed by atoms with van der Waals surface area (Å²) >= 11 is 5.93. The summed E-state index contributed by atoms with van der Waals surface area (Å²) in [5, 5.41) is 3.67. The number of anilines is 1. The first-order valence-electron chi connectivity index (χ1n) is 10.5. The minimum absolute atomic E-state index is 0.116. The zero-order chi connectivity index (χ0) is 21.5. The Bertz CT molecular complexity index is 826. The number of aromatic nitrogens is 2. The maximum Gasteiger partial charge on any atom is 0.224 e. The maximum absolute atomic E-state index is 5.93. The van der Waals surface area contributed by atoms with Gasteiger partial charge in [0.2, 0.25) is 5.28 Å². The van der Waals surface area contributed by atoms with Gasteiger partial charge in [0, 0.05) is 25.7 Å². The second-order valence-corrected chi connectivity index (χ2v) is 7.97. The number of methoxy groups -OCH3 is 1. The summed E-state index contributed by atoms with van der Waals surface area (Å²) in [5.41, 5.74) is 1.23. The first-order valence-corrected chi connectivity index (χ1v) is 10.8. The smallest absolute Gasteiger partial charge is 0.224 e. The van der Waals surface area contributed by atoms with E-state index in [0.29, 0.717) is 24.2 Å². The van der Waals surface area contributed by atoms with E-state index in [9.17, 15) is 0 Å². The number of halogens is 1. The Kier molecular flexibility index (Phi) is 7.99. The van der Waals surface area contributed by atoms with Gasteiger partial charge in [-0.2, -0.15) is 4.98 Å². The molecule has 0 atom stereocenters. The molecule has 0 saturated carbocycles. The maximum atomic E-state index is 5.93. The van der Waals surface area contributed by atoms with E-state index in [4.69, 9.17) is 25.8 Å². The number of hydrogen-bond donors (Lipinski definition) is 1. The Morgan fingerprint density at radius 1 is 1.20 bits per heavy atom. The van der Waals surface area contributed by atoms with E-state index in [2.05, 4.69) is 32.3 Å². The van der Waals surface area contributed by atoms with Crippen molar-refractivity contribution < 1.29 is 14.2 Å². The summed E-state index contributed by atoms with van der Waals surface area (Å²) in [7, 11) is 1.61. The van der Waals surface area contributed by atoms with Crippen molar-refractivity contribution in [1.29, 1.82) is 0 Å². The van der Waals surface area contributed by atoms with Crippen molar-refractivity contribution in [2.24, 2.45) is 0 Å². The number of nitrogens with one attached hydrogen (secondary N) is 1. The van der Waals surface area contributed by atoms with Gasteiger partial charge in [0.25, 0.3) is 0 Å². The summed E-state index contributed by atoms with van der Waals surface area (Å²) < 4.78 is 17.0. The highest BCUT2D eigenvalue weighted by Crippen LogP contribution is 2.30. The number of nitrogens with zero attached hydrogens (tertiary/aromatic N) is 3. The normalized spacial score (nSPS) is 15.3. The molecule has 0 aliphatic carbocycles. The van der Waals surface area contributed by atoms with Gasteiger partial charge >= 0.3 is 0 Å². The summed E-state index contributed by atoms with van der Waals surface area (Å²) in [6, 6.07) is 6.55. The van der Waals surface area contributed by atoms with Gasteiger partial charge in [-0.25, -0.2) is 4.98 Å². The van der Waals surface area contributed by atoms with Gasteiger partial charge in [-0.1, -0.05) is 6.07 Å². The van der Waals surface area contributed by atoms with Crippen LogP contribution in [0.4, 0.5) is 5.82 Å². The lowest BCUT2D eigenvalue weighted by Gasteiger charge is -2.33. The summed E-state index contributed by atoms with van der Waals surface area (Å²) in [6.07, 6.45) is 3.73. The molecule has 1 aliphatic heterocycles. The van der Waals surface area contributed by atoms with Crippen molar-refractivity contribution in [1.82, 2.24) is 14.9 Å². The van der Waals surface area contributed by atoms with Crippen molar-refractivity contribution in [3.05, 3.63) is 35.2 Å². The predicted molar refractivity (Wildman–Crippen MR) is 119 cm³/mol. The molecule has 7 nitrogen and oxygen atoms in total. The lowest BCUT2D eigenvalue weighted by molar-refractivity contribution is 0.209. The summed E-state index contributed by atoms with van der Waals surface area (Å²) in [6.45, 7) is 9.52. The van der Waals surface area contributed by atoms with Crippen LogP contribution in [0.2, 0.25) is 5.28 Å². The van der Waals surface area contributed by atoms with E-state index in [0.717, 1.165) is 44.0 Å². The molecule has 1 aromatic carbocycles. The van der Waals surface area contributed by atoms with Crippen molar-refractivity contribution >= 4 is 17.4 Å².